The molecular formula is C36H36FN7. The third-order valence-corrected chi connectivity index (χ3v) is 8.40. The molecule has 0 aliphatic carbocycles. The molecule has 6 aromatic rings. The summed E-state index contributed by atoms with van der Waals surface area (Å²) < 4.78 is 14.7. The van der Waals surface area contributed by atoms with Gasteiger partial charge in [-0.15, -0.1) is 0 Å². The number of likely N-dealkylation sites (tertiary alicyclic amines) is 1. The number of H-pyrrole nitrogens is 2. The molecule has 0 unspecified atom stereocenters. The first-order valence-electron chi connectivity index (χ1n) is 15.3. The molecule has 0 saturated carbocycles. The molecule has 0 spiro atoms. The molecule has 1 fully saturated rings. The average molecular weight is 586 g/mol. The molecule has 0 atom stereocenters. The smallest absolute Gasteiger partial charge is 0.155 e. The number of aromatic nitrogens is 4. The number of benzene rings is 2. The van der Waals surface area contributed by atoms with Crippen LogP contribution in [0.25, 0.3) is 55.6 Å². The van der Waals surface area contributed by atoms with Crippen LogP contribution >= 0.6 is 0 Å². The second-order valence-corrected chi connectivity index (χ2v) is 12.0. The van der Waals surface area contributed by atoms with Crippen LogP contribution in [0.3, 0.4) is 0 Å². The molecule has 3 aromatic heterocycles. The van der Waals surface area contributed by atoms with Crippen LogP contribution in [-0.2, 0) is 6.54 Å². The number of pyridine rings is 1. The highest BCUT2D eigenvalue weighted by molar-refractivity contribution is 6.01. The Morgan fingerprint density at radius 2 is 1.86 bits per heavy atom. The van der Waals surface area contributed by atoms with E-state index < -0.39 is 0 Å². The SMILES string of the molecule is CN(C)CCNc1cc(F)cc(-c2cccc3[nH]c(-c4n[nH]c5ncc(-c6cc#cc(CN7CCCCC7)c6)cc45)cc23)c1. The van der Waals surface area contributed by atoms with Crippen molar-refractivity contribution in [3.63, 3.8) is 0 Å². The summed E-state index contributed by atoms with van der Waals surface area (Å²) in [6.45, 7) is 4.77. The molecule has 0 bridgehead atoms. The van der Waals surface area contributed by atoms with Gasteiger partial charge in [0.05, 0.1) is 5.69 Å². The van der Waals surface area contributed by atoms with Gasteiger partial charge in [0, 0.05) is 58.9 Å². The predicted octanol–water partition coefficient (Wildman–Crippen LogP) is 7.14. The molecule has 1 saturated heterocycles. The van der Waals surface area contributed by atoms with E-state index in [-0.39, 0.29) is 5.82 Å². The van der Waals surface area contributed by atoms with E-state index in [4.69, 9.17) is 4.98 Å². The van der Waals surface area contributed by atoms with E-state index in [1.165, 1.54) is 19.3 Å². The number of rotatable bonds is 9. The number of fused-ring (bicyclic) bond motifs is 2. The number of likely N-dealkylation sites (N-methyl/N-ethyl adjacent to an activating group) is 1. The Bertz CT molecular complexity index is 1920. The highest BCUT2D eigenvalue weighted by atomic mass is 19.1. The predicted molar refractivity (Wildman–Crippen MR) is 176 cm³/mol. The standard InChI is InChI=1S/C36H36FN7/c1-43(2)15-12-38-29-18-26(17-28(37)20-29)30-10-7-11-33-31(30)21-34(40-33)35-32-19-27(22-39-36(32)42-41-35)25-9-6-8-24(16-25)23-44-13-4-3-5-14-44/h7,9-11,16-22,38,40H,3-5,12-15,23H2,1-2H3,(H,39,41,42). The summed E-state index contributed by atoms with van der Waals surface area (Å²) in [6, 6.07) is 26.2. The second-order valence-electron chi connectivity index (χ2n) is 12.0. The molecule has 1 aliphatic heterocycles. The van der Waals surface area contributed by atoms with Crippen LogP contribution in [0.2, 0.25) is 0 Å². The maximum Gasteiger partial charge on any atom is 0.155 e. The number of hydrogen-bond donors (Lipinski definition) is 3. The number of halogens is 1. The maximum atomic E-state index is 14.7. The van der Waals surface area contributed by atoms with Crippen molar-refractivity contribution in [2.24, 2.45) is 0 Å². The van der Waals surface area contributed by atoms with Crippen LogP contribution in [-0.4, -0.2) is 70.2 Å². The maximum absolute atomic E-state index is 14.7. The Hall–Kier alpha value is -4.71. The zero-order chi connectivity index (χ0) is 30.0. The van der Waals surface area contributed by atoms with Crippen molar-refractivity contribution >= 4 is 27.6 Å². The van der Waals surface area contributed by atoms with E-state index in [0.717, 1.165) is 99.6 Å². The third-order valence-electron chi connectivity index (χ3n) is 8.40. The lowest BCUT2D eigenvalue weighted by molar-refractivity contribution is 0.221. The van der Waals surface area contributed by atoms with Crippen LogP contribution in [0.1, 0.15) is 24.8 Å². The fourth-order valence-corrected chi connectivity index (χ4v) is 6.15. The summed E-state index contributed by atoms with van der Waals surface area (Å²) in [5, 5.41) is 13.0. The third kappa shape index (κ3) is 5.89. The zero-order valence-corrected chi connectivity index (χ0v) is 25.2. The summed E-state index contributed by atoms with van der Waals surface area (Å²) in [5.74, 6) is -0.269. The number of piperidine rings is 1. The topological polar surface area (TPSA) is 75.9 Å². The Morgan fingerprint density at radius 3 is 2.73 bits per heavy atom. The van der Waals surface area contributed by atoms with E-state index in [2.05, 4.69) is 60.6 Å². The van der Waals surface area contributed by atoms with Gasteiger partial charge in [0.15, 0.2) is 5.65 Å². The van der Waals surface area contributed by atoms with Crippen LogP contribution in [0, 0.1) is 17.9 Å². The Kier molecular flexibility index (Phi) is 7.73. The summed E-state index contributed by atoms with van der Waals surface area (Å²) in [6.07, 6.45) is 5.74. The normalized spacial score (nSPS) is 14.0. The van der Waals surface area contributed by atoms with Crippen molar-refractivity contribution in [2.45, 2.75) is 25.8 Å². The zero-order valence-electron chi connectivity index (χ0n) is 25.2. The van der Waals surface area contributed by atoms with E-state index in [0.29, 0.717) is 0 Å². The van der Waals surface area contributed by atoms with E-state index >= 15 is 0 Å². The molecule has 3 aromatic carbocycles. The number of hydrogen-bond acceptors (Lipinski definition) is 5. The lowest BCUT2D eigenvalue weighted by Crippen LogP contribution is -2.28. The Labute approximate surface area is 257 Å². The minimum atomic E-state index is -0.269. The first-order valence-corrected chi connectivity index (χ1v) is 15.3. The van der Waals surface area contributed by atoms with E-state index in [1.54, 1.807) is 12.1 Å². The highest BCUT2D eigenvalue weighted by Crippen LogP contribution is 2.36. The molecule has 0 radical (unpaired) electrons. The van der Waals surface area contributed by atoms with Crippen LogP contribution in [0.5, 0.6) is 0 Å². The minimum Gasteiger partial charge on any atom is -0.384 e. The quantitative estimate of drug-likeness (QED) is 0.168. The van der Waals surface area contributed by atoms with Gasteiger partial charge in [0.25, 0.3) is 0 Å². The second kappa shape index (κ2) is 12.1. The molecule has 44 heavy (non-hydrogen) atoms. The average Bonchev–Trinajstić information content (AvgIpc) is 3.65. The lowest BCUT2D eigenvalue weighted by atomic mass is 10.0. The molecule has 7 nitrogen and oxygen atoms in total. The summed E-state index contributed by atoms with van der Waals surface area (Å²) in [7, 11) is 4.04. The fraction of sp³-hybridized carbons (Fsp3) is 0.278. The van der Waals surface area contributed by atoms with Crippen molar-refractivity contribution < 1.29 is 4.39 Å². The molecule has 8 heteroatoms. The Morgan fingerprint density at radius 1 is 0.977 bits per heavy atom. The summed E-state index contributed by atoms with van der Waals surface area (Å²) in [5.41, 5.74) is 9.11. The van der Waals surface area contributed by atoms with Gasteiger partial charge in [0.2, 0.25) is 0 Å². The minimum absolute atomic E-state index is 0.269. The molecule has 222 valence electrons. The van der Waals surface area contributed by atoms with Gasteiger partial charge < -0.3 is 15.2 Å². The lowest BCUT2D eigenvalue weighted by Gasteiger charge is -2.25. The van der Waals surface area contributed by atoms with Gasteiger partial charge in [-0.3, -0.25) is 10.00 Å². The van der Waals surface area contributed by atoms with Gasteiger partial charge in [-0.05, 0) is 105 Å². The number of aromatic amines is 2. The van der Waals surface area contributed by atoms with Gasteiger partial charge in [0.1, 0.15) is 11.5 Å². The van der Waals surface area contributed by atoms with E-state index in [1.807, 2.05) is 50.6 Å². The molecular weight excluding hydrogens is 549 g/mol. The van der Waals surface area contributed by atoms with Crippen LogP contribution in [0.15, 0.2) is 66.9 Å². The summed E-state index contributed by atoms with van der Waals surface area (Å²) >= 11 is 0. The van der Waals surface area contributed by atoms with Gasteiger partial charge in [-0.2, -0.15) is 5.10 Å². The van der Waals surface area contributed by atoms with Crippen molar-refractivity contribution in [2.75, 3.05) is 45.6 Å². The van der Waals surface area contributed by atoms with Crippen LogP contribution in [0.4, 0.5) is 10.1 Å². The summed E-state index contributed by atoms with van der Waals surface area (Å²) in [4.78, 5) is 12.8. The fourth-order valence-electron chi connectivity index (χ4n) is 6.15. The van der Waals surface area contributed by atoms with Gasteiger partial charge in [-0.25, -0.2) is 9.37 Å². The molecule has 0 amide bonds. The van der Waals surface area contributed by atoms with Crippen LogP contribution < -0.4 is 5.32 Å². The van der Waals surface area contributed by atoms with Crippen molar-refractivity contribution in [1.29, 1.82) is 0 Å². The molecule has 7 rings (SSSR count). The molecule has 1 aliphatic rings. The first kappa shape index (κ1) is 28.1. The van der Waals surface area contributed by atoms with Crippen molar-refractivity contribution in [1.82, 2.24) is 30.0 Å². The number of anilines is 1. The molecule has 3 N–H and O–H groups in total. The largest absolute Gasteiger partial charge is 0.384 e. The van der Waals surface area contributed by atoms with Gasteiger partial charge >= 0.3 is 0 Å². The monoisotopic (exact) mass is 585 g/mol. The van der Waals surface area contributed by atoms with Crippen molar-refractivity contribution in [3.05, 3.63) is 90.4 Å². The number of nitrogens with one attached hydrogen (secondary N) is 3. The number of nitrogens with zero attached hydrogens (tertiary/aromatic N) is 4. The van der Waals surface area contributed by atoms with Gasteiger partial charge in [-0.1, -0.05) is 30.7 Å². The molecule has 4 heterocycles. The first-order chi connectivity index (χ1) is 21.5. The van der Waals surface area contributed by atoms with E-state index in [9.17, 15) is 4.39 Å². The highest BCUT2D eigenvalue weighted by Gasteiger charge is 2.16. The van der Waals surface area contributed by atoms with Crippen molar-refractivity contribution in [3.8, 4) is 33.6 Å². The Balaban J connectivity index is 1.21.